The Labute approximate surface area is 137 Å². The van der Waals surface area contributed by atoms with Gasteiger partial charge in [0.15, 0.2) is 0 Å². The van der Waals surface area contributed by atoms with Gasteiger partial charge in [0.25, 0.3) is 0 Å². The van der Waals surface area contributed by atoms with Crippen molar-refractivity contribution in [2.24, 2.45) is 5.73 Å². The normalized spacial score (nSPS) is 13.0. The van der Waals surface area contributed by atoms with E-state index in [4.69, 9.17) is 22.1 Å². The molecular formula is C18H23ClN2O. The molecule has 0 saturated heterocycles. The first-order valence-corrected chi connectivity index (χ1v) is 7.81. The van der Waals surface area contributed by atoms with Crippen molar-refractivity contribution in [3.05, 3.63) is 58.9 Å². The van der Waals surface area contributed by atoms with Crippen LogP contribution >= 0.6 is 11.6 Å². The molecule has 4 heteroatoms. The summed E-state index contributed by atoms with van der Waals surface area (Å²) < 4.78 is 5.79. The second kappa shape index (κ2) is 7.12. The SMILES string of the molecule is CC(C)(C)c1cncc(OC[C@@H](N)Cc2ccccc2Cl)c1. The molecule has 3 nitrogen and oxygen atoms in total. The smallest absolute Gasteiger partial charge is 0.137 e. The van der Waals surface area contributed by atoms with Gasteiger partial charge in [-0.15, -0.1) is 0 Å². The molecule has 0 radical (unpaired) electrons. The van der Waals surface area contributed by atoms with Crippen LogP contribution in [-0.4, -0.2) is 17.6 Å². The van der Waals surface area contributed by atoms with Gasteiger partial charge in [0, 0.05) is 17.3 Å². The summed E-state index contributed by atoms with van der Waals surface area (Å²) in [6.45, 7) is 6.88. The maximum absolute atomic E-state index is 6.15. The highest BCUT2D eigenvalue weighted by molar-refractivity contribution is 6.31. The lowest BCUT2D eigenvalue weighted by Gasteiger charge is -2.20. The van der Waals surface area contributed by atoms with Crippen molar-refractivity contribution < 1.29 is 4.74 Å². The number of nitrogens with zero attached hydrogens (tertiary/aromatic N) is 1. The maximum Gasteiger partial charge on any atom is 0.137 e. The molecular weight excluding hydrogens is 296 g/mol. The fourth-order valence-electron chi connectivity index (χ4n) is 2.12. The molecule has 1 aromatic heterocycles. The fraction of sp³-hybridized carbons (Fsp3) is 0.389. The third kappa shape index (κ3) is 4.72. The maximum atomic E-state index is 6.15. The average molecular weight is 319 g/mol. The van der Waals surface area contributed by atoms with Gasteiger partial charge in [-0.05, 0) is 35.1 Å². The van der Waals surface area contributed by atoms with Crippen molar-refractivity contribution in [3.63, 3.8) is 0 Å². The summed E-state index contributed by atoms with van der Waals surface area (Å²) in [7, 11) is 0. The summed E-state index contributed by atoms with van der Waals surface area (Å²) in [5.74, 6) is 0.752. The van der Waals surface area contributed by atoms with Gasteiger partial charge < -0.3 is 10.5 Å². The Morgan fingerprint density at radius 1 is 1.23 bits per heavy atom. The molecule has 2 N–H and O–H groups in total. The minimum absolute atomic E-state index is 0.0477. The molecule has 0 aliphatic carbocycles. The van der Waals surface area contributed by atoms with Gasteiger partial charge in [0.2, 0.25) is 0 Å². The van der Waals surface area contributed by atoms with Crippen LogP contribution in [0.4, 0.5) is 0 Å². The molecule has 0 saturated carbocycles. The molecule has 1 atom stereocenters. The molecule has 0 fully saturated rings. The number of rotatable bonds is 5. The second-order valence-corrected chi connectivity index (χ2v) is 6.93. The number of aromatic nitrogens is 1. The number of halogens is 1. The van der Waals surface area contributed by atoms with Crippen molar-refractivity contribution >= 4 is 11.6 Å². The molecule has 22 heavy (non-hydrogen) atoms. The first-order valence-electron chi connectivity index (χ1n) is 7.43. The molecule has 2 rings (SSSR count). The van der Waals surface area contributed by atoms with Gasteiger partial charge in [-0.1, -0.05) is 50.6 Å². The molecule has 0 unspecified atom stereocenters. The molecule has 1 aromatic carbocycles. The summed E-state index contributed by atoms with van der Waals surface area (Å²) in [5, 5.41) is 0.745. The zero-order valence-electron chi connectivity index (χ0n) is 13.3. The van der Waals surface area contributed by atoms with Crippen LogP contribution < -0.4 is 10.5 Å². The van der Waals surface area contributed by atoms with Crippen molar-refractivity contribution in [3.8, 4) is 5.75 Å². The van der Waals surface area contributed by atoms with E-state index in [0.717, 1.165) is 21.9 Å². The molecule has 2 aromatic rings. The van der Waals surface area contributed by atoms with Gasteiger partial charge in [-0.25, -0.2) is 0 Å². The molecule has 118 valence electrons. The first-order chi connectivity index (χ1) is 10.4. The Balaban J connectivity index is 1.94. The minimum atomic E-state index is -0.113. The van der Waals surface area contributed by atoms with Gasteiger partial charge >= 0.3 is 0 Å². The average Bonchev–Trinajstić information content (AvgIpc) is 2.47. The number of nitrogens with two attached hydrogens (primary N) is 1. The quantitative estimate of drug-likeness (QED) is 0.907. The summed E-state index contributed by atoms with van der Waals surface area (Å²) >= 11 is 6.15. The third-order valence-corrected chi connectivity index (χ3v) is 3.85. The number of hydrogen-bond donors (Lipinski definition) is 1. The van der Waals surface area contributed by atoms with E-state index in [0.29, 0.717) is 13.0 Å². The van der Waals surface area contributed by atoms with Gasteiger partial charge in [0.1, 0.15) is 12.4 Å². The summed E-state index contributed by atoms with van der Waals surface area (Å²) in [6.07, 6.45) is 4.28. The van der Waals surface area contributed by atoms with Crippen LogP contribution in [0.3, 0.4) is 0 Å². The Kier molecular flexibility index (Phi) is 5.43. The van der Waals surface area contributed by atoms with Crippen LogP contribution in [-0.2, 0) is 11.8 Å². The zero-order valence-corrected chi connectivity index (χ0v) is 14.1. The van der Waals surface area contributed by atoms with E-state index in [1.54, 1.807) is 6.20 Å². The lowest BCUT2D eigenvalue weighted by Crippen LogP contribution is -2.30. The van der Waals surface area contributed by atoms with Crippen molar-refractivity contribution in [1.82, 2.24) is 4.98 Å². The summed E-state index contributed by atoms with van der Waals surface area (Å²) in [4.78, 5) is 4.24. The second-order valence-electron chi connectivity index (χ2n) is 6.53. The molecule has 0 aliphatic heterocycles. The van der Waals surface area contributed by atoms with Gasteiger partial charge in [0.05, 0.1) is 6.20 Å². The Hall–Kier alpha value is -1.58. The lowest BCUT2D eigenvalue weighted by atomic mass is 9.88. The predicted molar refractivity (Wildman–Crippen MR) is 91.6 cm³/mol. The Morgan fingerprint density at radius 3 is 2.64 bits per heavy atom. The molecule has 0 bridgehead atoms. The largest absolute Gasteiger partial charge is 0.490 e. The zero-order chi connectivity index (χ0) is 16.2. The van der Waals surface area contributed by atoms with E-state index in [2.05, 4.69) is 25.8 Å². The summed E-state index contributed by atoms with van der Waals surface area (Å²) in [5.41, 5.74) is 8.38. The molecule has 0 amide bonds. The van der Waals surface area contributed by atoms with Crippen molar-refractivity contribution in [2.45, 2.75) is 38.6 Å². The van der Waals surface area contributed by atoms with Crippen molar-refractivity contribution in [1.29, 1.82) is 0 Å². The highest BCUT2D eigenvalue weighted by Crippen LogP contribution is 2.24. The minimum Gasteiger partial charge on any atom is -0.490 e. The standard InChI is InChI=1S/C18H23ClN2O/c1-18(2,3)14-9-16(11-21-10-14)22-12-15(20)8-13-6-4-5-7-17(13)19/h4-7,9-11,15H,8,12,20H2,1-3H3/t15-/m0/s1. The monoisotopic (exact) mass is 318 g/mol. The fourth-order valence-corrected chi connectivity index (χ4v) is 2.33. The Morgan fingerprint density at radius 2 is 1.95 bits per heavy atom. The van der Waals surface area contributed by atoms with Crippen LogP contribution in [0.2, 0.25) is 5.02 Å². The van der Waals surface area contributed by atoms with Crippen LogP contribution in [0, 0.1) is 0 Å². The van der Waals surface area contributed by atoms with E-state index in [1.807, 2.05) is 36.5 Å². The predicted octanol–water partition coefficient (Wildman–Crippen LogP) is 3.98. The van der Waals surface area contributed by atoms with E-state index >= 15 is 0 Å². The van der Waals surface area contributed by atoms with Gasteiger partial charge in [-0.2, -0.15) is 0 Å². The van der Waals surface area contributed by atoms with E-state index in [1.165, 1.54) is 0 Å². The number of ether oxygens (including phenoxy) is 1. The number of pyridine rings is 1. The third-order valence-electron chi connectivity index (χ3n) is 3.48. The molecule has 0 aliphatic rings. The lowest BCUT2D eigenvalue weighted by molar-refractivity contribution is 0.286. The van der Waals surface area contributed by atoms with E-state index in [9.17, 15) is 0 Å². The number of hydrogen-bond acceptors (Lipinski definition) is 3. The highest BCUT2D eigenvalue weighted by atomic mass is 35.5. The van der Waals surface area contributed by atoms with Crippen LogP contribution in [0.25, 0.3) is 0 Å². The summed E-state index contributed by atoms with van der Waals surface area (Å²) in [6, 6.07) is 9.65. The topological polar surface area (TPSA) is 48.1 Å². The molecule has 0 spiro atoms. The highest BCUT2D eigenvalue weighted by Gasteiger charge is 2.15. The van der Waals surface area contributed by atoms with Crippen LogP contribution in [0.5, 0.6) is 5.75 Å². The van der Waals surface area contributed by atoms with Gasteiger partial charge in [-0.3, -0.25) is 4.98 Å². The van der Waals surface area contributed by atoms with Crippen molar-refractivity contribution in [2.75, 3.05) is 6.61 Å². The van der Waals surface area contributed by atoms with Crippen LogP contribution in [0.15, 0.2) is 42.7 Å². The van der Waals surface area contributed by atoms with E-state index in [-0.39, 0.29) is 11.5 Å². The van der Waals surface area contributed by atoms with Crippen LogP contribution in [0.1, 0.15) is 31.9 Å². The number of benzene rings is 1. The Bertz CT molecular complexity index is 622. The van der Waals surface area contributed by atoms with E-state index < -0.39 is 0 Å². The first kappa shape index (κ1) is 16.8. The molecule has 1 heterocycles.